The van der Waals surface area contributed by atoms with Crippen LogP contribution < -0.4 is 19.9 Å². The Morgan fingerprint density at radius 3 is 2.79 bits per heavy atom. The lowest BCUT2D eigenvalue weighted by Crippen LogP contribution is -2.36. The van der Waals surface area contributed by atoms with Crippen molar-refractivity contribution in [1.29, 1.82) is 5.26 Å². The van der Waals surface area contributed by atoms with Crippen LogP contribution in [0.2, 0.25) is 0 Å². The summed E-state index contributed by atoms with van der Waals surface area (Å²) in [5.74, 6) is 0.214. The molecule has 1 aromatic heterocycles. The molecule has 2 fully saturated rings. The minimum atomic E-state index is -0.414. The molecule has 2 atom stereocenters. The van der Waals surface area contributed by atoms with Crippen LogP contribution in [0.3, 0.4) is 0 Å². The van der Waals surface area contributed by atoms with Crippen molar-refractivity contribution in [1.82, 2.24) is 5.32 Å². The molecule has 9 heteroatoms. The number of fused-ring (bicyclic) bond motifs is 2. The number of hydrogen-bond donors (Lipinski definition) is 2. The number of halogens is 2. The molecule has 0 bridgehead atoms. The van der Waals surface area contributed by atoms with E-state index < -0.39 is 12.5 Å². The molecule has 1 aromatic carbocycles. The van der Waals surface area contributed by atoms with Gasteiger partial charge in [-0.1, -0.05) is 6.58 Å². The van der Waals surface area contributed by atoms with Crippen molar-refractivity contribution < 1.29 is 18.6 Å². The molecule has 1 saturated heterocycles. The number of nitriles is 1. The standard InChI is InChI=1S/C25H28F2N4O2S/c1-13-17-10-18(27)22(30-9-6-15(12-30)14(2)29-8-7-26)24(33-3)21(17)31(16-4-5-16)25-20(13)23(32)19(11-28)34-25/h10,14-16,29,32H,1,4-9,12H2,2-3H3. The molecule has 0 spiro atoms. The highest BCUT2D eigenvalue weighted by Gasteiger charge is 2.43. The summed E-state index contributed by atoms with van der Waals surface area (Å²) in [6, 6.07) is 3.86. The number of benzene rings is 1. The van der Waals surface area contributed by atoms with Crippen LogP contribution in [0, 0.1) is 23.1 Å². The maximum atomic E-state index is 15.7. The van der Waals surface area contributed by atoms with Gasteiger partial charge in [-0.3, -0.25) is 0 Å². The van der Waals surface area contributed by atoms with E-state index in [1.54, 1.807) is 7.11 Å². The number of nitrogens with zero attached hydrogens (tertiary/aromatic N) is 3. The van der Waals surface area contributed by atoms with Crippen molar-refractivity contribution in [2.75, 3.05) is 43.2 Å². The third-order valence-electron chi connectivity index (χ3n) is 7.16. The summed E-state index contributed by atoms with van der Waals surface area (Å²) in [7, 11) is 1.55. The first-order chi connectivity index (χ1) is 16.4. The van der Waals surface area contributed by atoms with Gasteiger partial charge < -0.3 is 25.0 Å². The van der Waals surface area contributed by atoms with Crippen LogP contribution >= 0.6 is 11.3 Å². The zero-order valence-electron chi connectivity index (χ0n) is 19.3. The van der Waals surface area contributed by atoms with Gasteiger partial charge in [0.2, 0.25) is 0 Å². The molecule has 2 aliphatic heterocycles. The van der Waals surface area contributed by atoms with Crippen molar-refractivity contribution in [3.63, 3.8) is 0 Å². The van der Waals surface area contributed by atoms with Crippen molar-refractivity contribution >= 4 is 33.3 Å². The normalized spacial score (nSPS) is 20.2. The lowest BCUT2D eigenvalue weighted by Gasteiger charge is -2.35. The largest absolute Gasteiger partial charge is 0.505 e. The third kappa shape index (κ3) is 3.51. The van der Waals surface area contributed by atoms with Crippen LogP contribution in [0.5, 0.6) is 11.5 Å². The van der Waals surface area contributed by atoms with Crippen molar-refractivity contribution in [3.05, 3.63) is 34.5 Å². The molecule has 6 nitrogen and oxygen atoms in total. The molecule has 0 radical (unpaired) electrons. The summed E-state index contributed by atoms with van der Waals surface area (Å²) < 4.78 is 34.2. The molecule has 3 aliphatic rings. The van der Waals surface area contributed by atoms with Gasteiger partial charge in [0.15, 0.2) is 17.3 Å². The molecule has 180 valence electrons. The zero-order chi connectivity index (χ0) is 24.1. The number of hydrogen-bond acceptors (Lipinski definition) is 7. The first-order valence-electron chi connectivity index (χ1n) is 11.6. The number of alkyl halides is 1. The smallest absolute Gasteiger partial charge is 0.169 e. The Labute approximate surface area is 202 Å². The number of rotatable bonds is 7. The van der Waals surface area contributed by atoms with E-state index in [0.29, 0.717) is 47.8 Å². The second-order valence-corrected chi connectivity index (χ2v) is 10.2. The molecule has 34 heavy (non-hydrogen) atoms. The van der Waals surface area contributed by atoms with Gasteiger partial charge in [-0.25, -0.2) is 8.78 Å². The Bertz CT molecular complexity index is 1190. The summed E-state index contributed by atoms with van der Waals surface area (Å²) >= 11 is 1.23. The summed E-state index contributed by atoms with van der Waals surface area (Å²) in [5.41, 5.74) is 2.73. The summed E-state index contributed by atoms with van der Waals surface area (Å²) in [5, 5.41) is 24.2. The highest BCUT2D eigenvalue weighted by molar-refractivity contribution is 7.17. The molecule has 2 N–H and O–H groups in total. The first-order valence-corrected chi connectivity index (χ1v) is 12.4. The Balaban J connectivity index is 1.59. The second-order valence-electron chi connectivity index (χ2n) is 9.21. The molecule has 3 heterocycles. The molecule has 1 saturated carbocycles. The molecule has 0 amide bonds. The maximum absolute atomic E-state index is 15.7. The van der Waals surface area contributed by atoms with Crippen LogP contribution in [0.1, 0.15) is 42.2 Å². The summed E-state index contributed by atoms with van der Waals surface area (Å²) in [4.78, 5) is 4.34. The van der Waals surface area contributed by atoms with E-state index >= 15 is 4.39 Å². The minimum absolute atomic E-state index is 0.0931. The van der Waals surface area contributed by atoms with E-state index in [4.69, 9.17) is 4.74 Å². The zero-order valence-corrected chi connectivity index (χ0v) is 20.1. The average Bonchev–Trinajstić information content (AvgIpc) is 3.44. The van der Waals surface area contributed by atoms with Crippen LogP contribution in [0.15, 0.2) is 12.6 Å². The maximum Gasteiger partial charge on any atom is 0.169 e. The van der Waals surface area contributed by atoms with Gasteiger partial charge >= 0.3 is 0 Å². The van der Waals surface area contributed by atoms with E-state index in [9.17, 15) is 14.8 Å². The number of thiophene rings is 1. The Hall–Kier alpha value is -2.83. The van der Waals surface area contributed by atoms with Crippen molar-refractivity contribution in [2.24, 2.45) is 5.92 Å². The van der Waals surface area contributed by atoms with Gasteiger partial charge in [0.05, 0.1) is 18.4 Å². The highest BCUT2D eigenvalue weighted by Crippen LogP contribution is 2.60. The highest BCUT2D eigenvalue weighted by atomic mass is 32.1. The molecule has 1 aliphatic carbocycles. The fourth-order valence-corrected chi connectivity index (χ4v) is 6.35. The van der Waals surface area contributed by atoms with Gasteiger partial charge in [-0.05, 0) is 43.7 Å². The van der Waals surface area contributed by atoms with E-state index in [1.165, 1.54) is 17.4 Å². The third-order valence-corrected chi connectivity index (χ3v) is 8.24. The molecule has 2 aromatic rings. The van der Waals surface area contributed by atoms with Gasteiger partial charge in [-0.2, -0.15) is 5.26 Å². The Morgan fingerprint density at radius 2 is 2.15 bits per heavy atom. The fraction of sp³-hybridized carbons (Fsp3) is 0.480. The molecule has 2 unspecified atom stereocenters. The van der Waals surface area contributed by atoms with E-state index in [-0.39, 0.29) is 28.6 Å². The number of ether oxygens (including phenoxy) is 1. The Kier molecular flexibility index (Phi) is 5.90. The minimum Gasteiger partial charge on any atom is -0.505 e. The van der Waals surface area contributed by atoms with E-state index in [1.807, 2.05) is 11.8 Å². The van der Waals surface area contributed by atoms with Crippen LogP contribution in [-0.2, 0) is 0 Å². The van der Waals surface area contributed by atoms with Crippen LogP contribution in [-0.4, -0.2) is 50.6 Å². The number of aromatic hydroxyl groups is 1. The molecule has 5 rings (SSSR count). The molecular formula is C25H28F2N4O2S. The summed E-state index contributed by atoms with van der Waals surface area (Å²) in [6.07, 6.45) is 2.80. The molecular weight excluding hydrogens is 458 g/mol. The number of anilines is 3. The SMILES string of the molecule is C=C1c2cc(F)c(N3CCC(C(C)NCCF)C3)c(OC)c2N(C2CC2)c2sc(C#N)c(O)c21. The van der Waals surface area contributed by atoms with Gasteiger partial charge in [-0.15, -0.1) is 11.3 Å². The number of nitrogens with one attached hydrogen (secondary N) is 1. The van der Waals surface area contributed by atoms with Gasteiger partial charge in [0, 0.05) is 37.3 Å². The lowest BCUT2D eigenvalue weighted by atomic mass is 9.92. The predicted octanol–water partition coefficient (Wildman–Crippen LogP) is 4.92. The van der Waals surface area contributed by atoms with E-state index in [2.05, 4.69) is 22.9 Å². The first kappa shape index (κ1) is 22.9. The number of methoxy groups -OCH3 is 1. The fourth-order valence-electron chi connectivity index (χ4n) is 5.26. The Morgan fingerprint density at radius 1 is 1.38 bits per heavy atom. The predicted molar refractivity (Wildman–Crippen MR) is 131 cm³/mol. The average molecular weight is 487 g/mol. The quantitative estimate of drug-likeness (QED) is 0.579. The van der Waals surface area contributed by atoms with Crippen LogP contribution in [0.25, 0.3) is 5.57 Å². The van der Waals surface area contributed by atoms with Crippen molar-refractivity contribution in [3.8, 4) is 17.6 Å². The van der Waals surface area contributed by atoms with E-state index in [0.717, 1.165) is 30.0 Å². The lowest BCUT2D eigenvalue weighted by molar-refractivity contribution is 0.372. The van der Waals surface area contributed by atoms with Gasteiger partial charge in [0.25, 0.3) is 0 Å². The van der Waals surface area contributed by atoms with Crippen molar-refractivity contribution in [2.45, 2.75) is 38.3 Å². The van der Waals surface area contributed by atoms with Gasteiger partial charge in [0.1, 0.15) is 28.3 Å². The summed E-state index contributed by atoms with van der Waals surface area (Å²) in [6.45, 7) is 7.42. The topological polar surface area (TPSA) is 71.8 Å². The second kappa shape index (κ2) is 8.75. The monoisotopic (exact) mass is 486 g/mol. The van der Waals surface area contributed by atoms with Crippen LogP contribution in [0.4, 0.5) is 25.2 Å².